The number of nitrogens with zero attached hydrogens (tertiary/aromatic N) is 2. The number of anilines is 1. The summed E-state index contributed by atoms with van der Waals surface area (Å²) in [6, 6.07) is 6.59. The van der Waals surface area contributed by atoms with Gasteiger partial charge in [0.05, 0.1) is 21.4 Å². The monoisotopic (exact) mass is 387 g/mol. The largest absolute Gasteiger partial charge is 0.618 e. The van der Waals surface area contributed by atoms with Crippen LogP contribution in [0.4, 0.5) is 24.5 Å². The van der Waals surface area contributed by atoms with Crippen molar-refractivity contribution in [2.75, 3.05) is 5.32 Å². The van der Waals surface area contributed by atoms with Gasteiger partial charge in [-0.15, -0.1) is 0 Å². The molecule has 0 saturated carbocycles. The fraction of sp³-hybridized carbons (Fsp3) is 0.200. The highest BCUT2D eigenvalue weighted by atomic mass is 32.2. The van der Waals surface area contributed by atoms with E-state index in [-0.39, 0.29) is 5.03 Å². The van der Waals surface area contributed by atoms with Crippen molar-refractivity contribution in [2.45, 2.75) is 23.4 Å². The van der Waals surface area contributed by atoms with E-state index in [0.717, 1.165) is 23.9 Å². The van der Waals surface area contributed by atoms with Crippen LogP contribution >= 0.6 is 11.8 Å². The van der Waals surface area contributed by atoms with Gasteiger partial charge in [0.1, 0.15) is 0 Å². The van der Waals surface area contributed by atoms with Crippen LogP contribution in [0.5, 0.6) is 0 Å². The third-order valence-corrected chi connectivity index (χ3v) is 4.36. The predicted molar refractivity (Wildman–Crippen MR) is 87.4 cm³/mol. The first-order valence-electron chi connectivity index (χ1n) is 7.11. The Balaban J connectivity index is 2.22. The molecule has 138 valence electrons. The molecule has 0 aliphatic rings. The Morgan fingerprint density at radius 3 is 2.58 bits per heavy atom. The molecule has 1 N–H and O–H groups in total. The molecule has 0 fully saturated rings. The van der Waals surface area contributed by atoms with Gasteiger partial charge in [0.25, 0.3) is 10.7 Å². The smallest absolute Gasteiger partial charge is 0.418 e. The van der Waals surface area contributed by atoms with Crippen LogP contribution in [0.25, 0.3) is 0 Å². The number of hydrogen-bond acceptors (Lipinski definition) is 5. The second-order valence-electron chi connectivity index (χ2n) is 5.10. The number of alkyl halides is 3. The molecule has 11 heteroatoms. The maximum absolute atomic E-state index is 13.1. The Morgan fingerprint density at radius 2 is 2.00 bits per heavy atom. The van der Waals surface area contributed by atoms with Crippen LogP contribution in [0, 0.1) is 15.3 Å². The number of aromatic nitrogens is 1. The van der Waals surface area contributed by atoms with Gasteiger partial charge in [-0.25, -0.2) is 0 Å². The molecular weight excluding hydrogens is 375 g/mol. The van der Waals surface area contributed by atoms with Crippen molar-refractivity contribution in [3.63, 3.8) is 0 Å². The number of halogens is 3. The second-order valence-corrected chi connectivity index (χ2v) is 6.46. The summed E-state index contributed by atoms with van der Waals surface area (Å²) in [5, 5.41) is 23.7. The lowest BCUT2D eigenvalue weighted by Gasteiger charge is -2.16. The molecule has 2 rings (SSSR count). The third-order valence-electron chi connectivity index (χ3n) is 3.23. The summed E-state index contributed by atoms with van der Waals surface area (Å²) in [6.45, 7) is 1.42. The first kappa shape index (κ1) is 19.5. The lowest BCUT2D eigenvalue weighted by Crippen LogP contribution is -2.31. The number of carbonyl (C=O) groups is 1. The summed E-state index contributed by atoms with van der Waals surface area (Å²) in [5.41, 5.74) is -2.66. The van der Waals surface area contributed by atoms with Crippen molar-refractivity contribution >= 4 is 29.0 Å². The summed E-state index contributed by atoms with van der Waals surface area (Å²) in [5.74, 6) is -0.779. The van der Waals surface area contributed by atoms with E-state index in [1.807, 2.05) is 0 Å². The molecule has 1 aromatic carbocycles. The van der Waals surface area contributed by atoms with Crippen molar-refractivity contribution in [2.24, 2.45) is 0 Å². The lowest BCUT2D eigenvalue weighted by molar-refractivity contribution is -0.645. The molecular formula is C15H12F3N3O4S. The molecule has 26 heavy (non-hydrogen) atoms. The Bertz CT molecular complexity index is 845. The van der Waals surface area contributed by atoms with Gasteiger partial charge in [-0.05, 0) is 30.8 Å². The van der Waals surface area contributed by atoms with Gasteiger partial charge < -0.3 is 10.5 Å². The van der Waals surface area contributed by atoms with E-state index < -0.39 is 39.2 Å². The quantitative estimate of drug-likeness (QED) is 0.279. The van der Waals surface area contributed by atoms with Crippen molar-refractivity contribution in [3.8, 4) is 0 Å². The highest BCUT2D eigenvalue weighted by Crippen LogP contribution is 2.37. The van der Waals surface area contributed by atoms with Gasteiger partial charge in [0, 0.05) is 24.3 Å². The number of thioether (sulfide) groups is 1. The van der Waals surface area contributed by atoms with Gasteiger partial charge in [-0.3, -0.25) is 14.9 Å². The van der Waals surface area contributed by atoms with E-state index in [1.54, 1.807) is 6.07 Å². The number of carbonyl (C=O) groups excluding carboxylic acids is 1. The fourth-order valence-electron chi connectivity index (χ4n) is 1.96. The first-order valence-corrected chi connectivity index (χ1v) is 7.99. The van der Waals surface area contributed by atoms with Crippen molar-refractivity contribution in [1.82, 2.24) is 0 Å². The molecule has 7 nitrogen and oxygen atoms in total. The number of rotatable bonds is 5. The Labute approximate surface area is 149 Å². The van der Waals surface area contributed by atoms with Crippen molar-refractivity contribution in [3.05, 3.63) is 63.5 Å². The third kappa shape index (κ3) is 4.63. The van der Waals surface area contributed by atoms with Gasteiger partial charge in [0.2, 0.25) is 5.91 Å². The molecule has 0 aliphatic carbocycles. The van der Waals surface area contributed by atoms with Crippen molar-refractivity contribution in [1.29, 1.82) is 0 Å². The zero-order valence-corrected chi connectivity index (χ0v) is 14.0. The zero-order valence-electron chi connectivity index (χ0n) is 13.2. The van der Waals surface area contributed by atoms with Gasteiger partial charge in [-0.1, -0.05) is 0 Å². The summed E-state index contributed by atoms with van der Waals surface area (Å²) in [4.78, 5) is 21.9. The number of pyridine rings is 1. The first-order chi connectivity index (χ1) is 12.1. The number of hydrogen-bond donors (Lipinski definition) is 1. The fourth-order valence-corrected chi connectivity index (χ4v) is 2.81. The van der Waals surface area contributed by atoms with E-state index in [4.69, 9.17) is 0 Å². The van der Waals surface area contributed by atoms with Crippen LogP contribution in [0.1, 0.15) is 12.5 Å². The van der Waals surface area contributed by atoms with E-state index in [2.05, 4.69) is 5.32 Å². The molecule has 0 radical (unpaired) electrons. The highest BCUT2D eigenvalue weighted by Gasteiger charge is 2.36. The Hall–Kier alpha value is -2.82. The van der Waals surface area contributed by atoms with E-state index in [0.29, 0.717) is 10.8 Å². The van der Waals surface area contributed by atoms with Crippen LogP contribution in [0.3, 0.4) is 0 Å². The minimum atomic E-state index is -4.89. The standard InChI is InChI=1S/C15H12F3N3O4S/c1-9(26-13-4-2-3-7-20(13)23)14(22)19-12-6-5-10(21(24)25)8-11(12)15(16,17)18/h2-9H,1H3,(H,19,22)/t9-/m1/s1. The summed E-state index contributed by atoms with van der Waals surface area (Å²) >= 11 is 0.868. The van der Waals surface area contributed by atoms with E-state index in [9.17, 15) is 33.3 Å². The zero-order chi connectivity index (χ0) is 19.5. The molecule has 0 aliphatic heterocycles. The van der Waals surface area contributed by atoms with Gasteiger partial charge >= 0.3 is 6.18 Å². The molecule has 0 spiro atoms. The topological polar surface area (TPSA) is 99.2 Å². The number of non-ortho nitro benzene ring substituents is 1. The molecule has 1 aromatic heterocycles. The van der Waals surface area contributed by atoms with Crippen LogP contribution < -0.4 is 10.0 Å². The normalized spacial score (nSPS) is 12.5. The van der Waals surface area contributed by atoms with Crippen LogP contribution in [0.15, 0.2) is 47.6 Å². The summed E-state index contributed by atoms with van der Waals surface area (Å²) in [6.07, 6.45) is -3.66. The van der Waals surface area contributed by atoms with Crippen LogP contribution in [-0.4, -0.2) is 16.1 Å². The van der Waals surface area contributed by atoms with Crippen molar-refractivity contribution < 1.29 is 27.6 Å². The van der Waals surface area contributed by atoms with Crippen LogP contribution in [-0.2, 0) is 11.0 Å². The molecule has 1 amide bonds. The average Bonchev–Trinajstić information content (AvgIpc) is 2.56. The Morgan fingerprint density at radius 1 is 1.31 bits per heavy atom. The number of nitro benzene ring substituents is 1. The lowest BCUT2D eigenvalue weighted by atomic mass is 10.1. The number of benzene rings is 1. The highest BCUT2D eigenvalue weighted by molar-refractivity contribution is 8.00. The number of nitrogens with one attached hydrogen (secondary N) is 1. The minimum absolute atomic E-state index is 0.204. The summed E-state index contributed by atoms with van der Waals surface area (Å²) < 4.78 is 39.9. The van der Waals surface area contributed by atoms with Crippen LogP contribution in [0.2, 0.25) is 0 Å². The number of nitro groups is 1. The molecule has 0 unspecified atom stereocenters. The maximum atomic E-state index is 13.1. The van der Waals surface area contributed by atoms with E-state index in [1.165, 1.54) is 25.3 Å². The molecule has 2 aromatic rings. The van der Waals surface area contributed by atoms with E-state index >= 15 is 0 Å². The minimum Gasteiger partial charge on any atom is -0.618 e. The Kier molecular flexibility index (Phi) is 5.70. The average molecular weight is 387 g/mol. The SMILES string of the molecule is C[C@@H](Sc1cccc[n+]1[O-])C(=O)Nc1ccc([N+](=O)[O-])cc1C(F)(F)F. The molecule has 0 bridgehead atoms. The van der Waals surface area contributed by atoms with Gasteiger partial charge in [-0.2, -0.15) is 17.9 Å². The van der Waals surface area contributed by atoms with Gasteiger partial charge in [0.15, 0.2) is 6.20 Å². The molecule has 1 atom stereocenters. The molecule has 1 heterocycles. The second kappa shape index (κ2) is 7.60. The number of amides is 1. The predicted octanol–water partition coefficient (Wildman–Crippen LogP) is 3.37. The molecule has 0 saturated heterocycles. The summed E-state index contributed by atoms with van der Waals surface area (Å²) in [7, 11) is 0. The maximum Gasteiger partial charge on any atom is 0.418 e.